The molecule has 0 unspecified atom stereocenters. The summed E-state index contributed by atoms with van der Waals surface area (Å²) in [5, 5.41) is 12.4. The van der Waals surface area contributed by atoms with Crippen molar-refractivity contribution in [2.45, 2.75) is 26.0 Å². The molecule has 5 nitrogen and oxygen atoms in total. The van der Waals surface area contributed by atoms with Crippen LogP contribution in [-0.2, 0) is 9.53 Å². The molecule has 0 aromatic heterocycles. The zero-order chi connectivity index (χ0) is 13.1. The second-order valence-corrected chi connectivity index (χ2v) is 4.11. The standard InChI is InChI=1S/C13H16N2O3/c1-3-14-12(17)11-8(2)18-13(15-11)9-6-4-5-7-10(9)16/h4-8,11,16H,3H2,1-2H3,(H,14,17)/t8-,11+/m0/s1. The highest BCUT2D eigenvalue weighted by molar-refractivity contribution is 6.00. The quantitative estimate of drug-likeness (QED) is 0.840. The van der Waals surface area contributed by atoms with E-state index in [4.69, 9.17) is 4.74 Å². The molecule has 5 heteroatoms. The Kier molecular flexibility index (Phi) is 3.50. The van der Waals surface area contributed by atoms with Crippen molar-refractivity contribution < 1.29 is 14.6 Å². The van der Waals surface area contributed by atoms with Gasteiger partial charge in [0.05, 0.1) is 5.56 Å². The monoisotopic (exact) mass is 248 g/mol. The Hall–Kier alpha value is -2.04. The number of likely N-dealkylation sites (N-methyl/N-ethyl adjacent to an activating group) is 1. The van der Waals surface area contributed by atoms with E-state index in [2.05, 4.69) is 10.3 Å². The number of amides is 1. The third-order valence-electron chi connectivity index (χ3n) is 2.75. The maximum Gasteiger partial charge on any atom is 0.248 e. The lowest BCUT2D eigenvalue weighted by Gasteiger charge is -2.11. The number of aromatic hydroxyl groups is 1. The first-order valence-electron chi connectivity index (χ1n) is 5.94. The number of rotatable bonds is 3. The van der Waals surface area contributed by atoms with E-state index in [1.807, 2.05) is 6.92 Å². The molecular formula is C13H16N2O3. The Morgan fingerprint density at radius 2 is 2.22 bits per heavy atom. The van der Waals surface area contributed by atoms with Gasteiger partial charge >= 0.3 is 0 Å². The van der Waals surface area contributed by atoms with E-state index in [0.717, 1.165) is 0 Å². The molecule has 1 aliphatic rings. The van der Waals surface area contributed by atoms with Crippen LogP contribution in [0.2, 0.25) is 0 Å². The van der Waals surface area contributed by atoms with Gasteiger partial charge in [0, 0.05) is 6.54 Å². The number of nitrogens with zero attached hydrogens (tertiary/aromatic N) is 1. The molecule has 18 heavy (non-hydrogen) atoms. The minimum absolute atomic E-state index is 0.0972. The number of nitrogens with one attached hydrogen (secondary N) is 1. The highest BCUT2D eigenvalue weighted by Crippen LogP contribution is 2.23. The number of benzene rings is 1. The summed E-state index contributed by atoms with van der Waals surface area (Å²) in [5.41, 5.74) is 0.510. The third-order valence-corrected chi connectivity index (χ3v) is 2.75. The van der Waals surface area contributed by atoms with Gasteiger partial charge in [0.1, 0.15) is 11.9 Å². The summed E-state index contributed by atoms with van der Waals surface area (Å²) < 4.78 is 5.54. The fraction of sp³-hybridized carbons (Fsp3) is 0.385. The molecule has 1 aliphatic heterocycles. The van der Waals surface area contributed by atoms with Crippen LogP contribution in [0, 0.1) is 0 Å². The number of phenolic OH excluding ortho intramolecular Hbond substituents is 1. The van der Waals surface area contributed by atoms with E-state index < -0.39 is 6.04 Å². The lowest BCUT2D eigenvalue weighted by molar-refractivity contribution is -0.123. The number of hydrogen-bond acceptors (Lipinski definition) is 4. The number of para-hydroxylation sites is 1. The van der Waals surface area contributed by atoms with E-state index in [1.54, 1.807) is 31.2 Å². The van der Waals surface area contributed by atoms with Crippen LogP contribution in [0.4, 0.5) is 0 Å². The van der Waals surface area contributed by atoms with Crippen LogP contribution in [0.15, 0.2) is 29.3 Å². The fourth-order valence-corrected chi connectivity index (χ4v) is 1.84. The van der Waals surface area contributed by atoms with Crippen LogP contribution in [0.1, 0.15) is 19.4 Å². The Morgan fingerprint density at radius 3 is 2.89 bits per heavy atom. The molecule has 1 aromatic carbocycles. The molecular weight excluding hydrogens is 232 g/mol. The van der Waals surface area contributed by atoms with Crippen molar-refractivity contribution in [1.82, 2.24) is 5.32 Å². The number of carbonyl (C=O) groups is 1. The van der Waals surface area contributed by atoms with Crippen LogP contribution in [-0.4, -0.2) is 35.6 Å². The minimum atomic E-state index is -0.556. The van der Waals surface area contributed by atoms with Crippen molar-refractivity contribution in [3.8, 4) is 5.75 Å². The lowest BCUT2D eigenvalue weighted by Crippen LogP contribution is -2.38. The summed E-state index contributed by atoms with van der Waals surface area (Å²) >= 11 is 0. The first kappa shape index (κ1) is 12.4. The molecule has 0 saturated heterocycles. The van der Waals surface area contributed by atoms with Gasteiger partial charge in [-0.3, -0.25) is 4.79 Å². The van der Waals surface area contributed by atoms with Crippen LogP contribution in [0.3, 0.4) is 0 Å². The summed E-state index contributed by atoms with van der Waals surface area (Å²) in [4.78, 5) is 16.0. The zero-order valence-electron chi connectivity index (χ0n) is 10.4. The van der Waals surface area contributed by atoms with Crippen LogP contribution in [0.25, 0.3) is 0 Å². The summed E-state index contributed by atoms with van der Waals surface area (Å²) in [5.74, 6) is 0.257. The summed E-state index contributed by atoms with van der Waals surface area (Å²) in [6.07, 6.45) is -0.328. The summed E-state index contributed by atoms with van der Waals surface area (Å²) in [6, 6.07) is 6.22. The SMILES string of the molecule is CCNC(=O)[C@@H]1N=C(c2ccccc2O)O[C@H]1C. The minimum Gasteiger partial charge on any atom is -0.507 e. The highest BCUT2D eigenvalue weighted by Gasteiger charge is 2.34. The zero-order valence-corrected chi connectivity index (χ0v) is 10.4. The third kappa shape index (κ3) is 2.30. The molecule has 0 saturated carbocycles. The van der Waals surface area contributed by atoms with Crippen molar-refractivity contribution in [2.24, 2.45) is 4.99 Å². The molecule has 2 atom stereocenters. The van der Waals surface area contributed by atoms with Crippen molar-refractivity contribution in [2.75, 3.05) is 6.54 Å². The Bertz CT molecular complexity index is 485. The maximum absolute atomic E-state index is 11.8. The number of carbonyl (C=O) groups excluding carboxylic acids is 1. The van der Waals surface area contributed by atoms with Crippen molar-refractivity contribution >= 4 is 11.8 Å². The van der Waals surface area contributed by atoms with E-state index in [0.29, 0.717) is 18.0 Å². The second-order valence-electron chi connectivity index (χ2n) is 4.11. The average molecular weight is 248 g/mol. The maximum atomic E-state index is 11.8. The molecule has 96 valence electrons. The molecule has 0 fully saturated rings. The number of ether oxygens (including phenoxy) is 1. The molecule has 1 heterocycles. The summed E-state index contributed by atoms with van der Waals surface area (Å²) in [6.45, 7) is 4.20. The largest absolute Gasteiger partial charge is 0.507 e. The molecule has 0 spiro atoms. The van der Waals surface area contributed by atoms with Crippen molar-refractivity contribution in [3.05, 3.63) is 29.8 Å². The molecule has 2 N–H and O–H groups in total. The average Bonchev–Trinajstić information content (AvgIpc) is 2.72. The van der Waals surface area contributed by atoms with Crippen LogP contribution in [0.5, 0.6) is 5.75 Å². The molecule has 0 aliphatic carbocycles. The molecule has 1 amide bonds. The summed E-state index contributed by atoms with van der Waals surface area (Å²) in [7, 11) is 0. The molecule has 2 rings (SSSR count). The first-order chi connectivity index (χ1) is 8.63. The van der Waals surface area contributed by atoms with Gasteiger partial charge in [0.2, 0.25) is 11.8 Å². The van der Waals surface area contributed by atoms with Crippen molar-refractivity contribution in [3.63, 3.8) is 0 Å². The fourth-order valence-electron chi connectivity index (χ4n) is 1.84. The normalized spacial score (nSPS) is 22.2. The van der Waals surface area contributed by atoms with Gasteiger partial charge in [-0.15, -0.1) is 0 Å². The predicted octanol–water partition coefficient (Wildman–Crippen LogP) is 1.06. The number of phenols is 1. The Balaban J connectivity index is 2.24. The topological polar surface area (TPSA) is 70.9 Å². The van der Waals surface area contributed by atoms with E-state index >= 15 is 0 Å². The van der Waals surface area contributed by atoms with Crippen LogP contribution >= 0.6 is 0 Å². The molecule has 0 radical (unpaired) electrons. The van der Waals surface area contributed by atoms with Gasteiger partial charge in [-0.05, 0) is 26.0 Å². The van der Waals surface area contributed by atoms with Gasteiger partial charge in [-0.25, -0.2) is 4.99 Å². The van der Waals surface area contributed by atoms with E-state index in [1.165, 1.54) is 0 Å². The molecule has 0 bridgehead atoms. The smallest absolute Gasteiger partial charge is 0.248 e. The van der Waals surface area contributed by atoms with Gasteiger partial charge in [-0.2, -0.15) is 0 Å². The highest BCUT2D eigenvalue weighted by atomic mass is 16.5. The van der Waals surface area contributed by atoms with Gasteiger partial charge < -0.3 is 15.2 Å². The Morgan fingerprint density at radius 1 is 1.50 bits per heavy atom. The second kappa shape index (κ2) is 5.08. The number of aliphatic imine (C=N–C) groups is 1. The van der Waals surface area contributed by atoms with E-state index in [9.17, 15) is 9.90 Å². The number of hydrogen-bond donors (Lipinski definition) is 2. The predicted molar refractivity (Wildman–Crippen MR) is 67.7 cm³/mol. The molecule has 1 aromatic rings. The van der Waals surface area contributed by atoms with Crippen molar-refractivity contribution in [1.29, 1.82) is 0 Å². The van der Waals surface area contributed by atoms with Crippen LogP contribution < -0.4 is 5.32 Å². The first-order valence-corrected chi connectivity index (χ1v) is 5.94. The van der Waals surface area contributed by atoms with E-state index in [-0.39, 0.29) is 17.8 Å². The van der Waals surface area contributed by atoms with Gasteiger partial charge in [-0.1, -0.05) is 12.1 Å². The van der Waals surface area contributed by atoms with Gasteiger partial charge in [0.15, 0.2) is 6.04 Å². The lowest BCUT2D eigenvalue weighted by atomic mass is 10.2. The van der Waals surface area contributed by atoms with Gasteiger partial charge in [0.25, 0.3) is 0 Å². The Labute approximate surface area is 105 Å².